The van der Waals surface area contributed by atoms with Crippen molar-refractivity contribution < 1.29 is 22.8 Å². The van der Waals surface area contributed by atoms with Crippen molar-refractivity contribution in [3.8, 4) is 0 Å². The summed E-state index contributed by atoms with van der Waals surface area (Å²) in [5.41, 5.74) is 1.47. The zero-order valence-electron chi connectivity index (χ0n) is 13.6. The van der Waals surface area contributed by atoms with Gasteiger partial charge in [-0.1, -0.05) is 6.07 Å². The Balaban J connectivity index is 1.56. The third kappa shape index (κ3) is 4.16. The molecular weight excluding hydrogens is 367 g/mol. The predicted molar refractivity (Wildman–Crippen MR) is 93.6 cm³/mol. The molecule has 138 valence electrons. The summed E-state index contributed by atoms with van der Waals surface area (Å²) in [6, 6.07) is 10.6. The van der Waals surface area contributed by atoms with E-state index in [9.17, 15) is 22.8 Å². The lowest BCUT2D eigenvalue weighted by Crippen LogP contribution is -2.52. The molecular formula is C17H16F3N3O2S. The summed E-state index contributed by atoms with van der Waals surface area (Å²) < 4.78 is 37.4. The summed E-state index contributed by atoms with van der Waals surface area (Å²) in [4.78, 5) is 26.6. The first-order valence-electron chi connectivity index (χ1n) is 7.90. The molecule has 0 atom stereocenters. The van der Waals surface area contributed by atoms with Crippen LogP contribution in [0.5, 0.6) is 0 Å². The average molecular weight is 383 g/mol. The van der Waals surface area contributed by atoms with Gasteiger partial charge in [-0.15, -0.1) is 11.3 Å². The smallest absolute Gasteiger partial charge is 0.368 e. The Hall–Kier alpha value is -2.55. The Bertz CT molecular complexity index is 768. The van der Waals surface area contributed by atoms with Crippen LogP contribution in [-0.2, 0) is 4.79 Å². The largest absolute Gasteiger partial charge is 0.471 e. The van der Waals surface area contributed by atoms with Gasteiger partial charge in [-0.2, -0.15) is 13.2 Å². The molecule has 9 heteroatoms. The van der Waals surface area contributed by atoms with E-state index in [0.29, 0.717) is 23.7 Å². The van der Waals surface area contributed by atoms with Gasteiger partial charge in [0.25, 0.3) is 5.91 Å². The molecule has 1 aromatic heterocycles. The minimum Gasteiger partial charge on any atom is -0.368 e. The highest BCUT2D eigenvalue weighted by Crippen LogP contribution is 2.23. The van der Waals surface area contributed by atoms with E-state index in [4.69, 9.17) is 0 Å². The van der Waals surface area contributed by atoms with Crippen molar-refractivity contribution in [3.63, 3.8) is 0 Å². The lowest BCUT2D eigenvalue weighted by atomic mass is 10.2. The molecule has 1 N–H and O–H groups in total. The quantitative estimate of drug-likeness (QED) is 0.886. The Labute approximate surface area is 152 Å². The number of rotatable bonds is 3. The van der Waals surface area contributed by atoms with Crippen molar-refractivity contribution in [2.75, 3.05) is 36.4 Å². The van der Waals surface area contributed by atoms with Crippen molar-refractivity contribution in [1.82, 2.24) is 4.90 Å². The second kappa shape index (κ2) is 7.36. The van der Waals surface area contributed by atoms with Crippen LogP contribution in [0.1, 0.15) is 9.67 Å². The van der Waals surface area contributed by atoms with E-state index in [2.05, 4.69) is 5.32 Å². The van der Waals surface area contributed by atoms with Gasteiger partial charge in [0, 0.05) is 37.6 Å². The summed E-state index contributed by atoms with van der Waals surface area (Å²) in [6.07, 6.45) is -4.83. The van der Waals surface area contributed by atoms with Gasteiger partial charge >= 0.3 is 12.1 Å². The molecule has 2 amide bonds. The monoisotopic (exact) mass is 383 g/mol. The predicted octanol–water partition coefficient (Wildman–Crippen LogP) is 3.21. The van der Waals surface area contributed by atoms with E-state index >= 15 is 0 Å². The van der Waals surface area contributed by atoms with Crippen LogP contribution in [-0.4, -0.2) is 49.1 Å². The van der Waals surface area contributed by atoms with Crippen LogP contribution in [0.3, 0.4) is 0 Å². The molecule has 2 aromatic rings. The second-order valence-electron chi connectivity index (χ2n) is 5.76. The molecule has 0 spiro atoms. The van der Waals surface area contributed by atoms with Crippen molar-refractivity contribution >= 4 is 34.5 Å². The number of anilines is 2. The number of hydrogen-bond donors (Lipinski definition) is 1. The number of amides is 2. The molecule has 0 radical (unpaired) electrons. The fraction of sp³-hybridized carbons (Fsp3) is 0.294. The van der Waals surface area contributed by atoms with E-state index in [0.717, 1.165) is 10.6 Å². The molecule has 0 bridgehead atoms. The molecule has 0 aliphatic carbocycles. The molecule has 1 fully saturated rings. The zero-order chi connectivity index (χ0) is 18.7. The van der Waals surface area contributed by atoms with Crippen molar-refractivity contribution in [1.29, 1.82) is 0 Å². The van der Waals surface area contributed by atoms with Gasteiger partial charge in [0.05, 0.1) is 4.88 Å². The number of thiophene rings is 1. The Morgan fingerprint density at radius 1 is 1.00 bits per heavy atom. The lowest BCUT2D eigenvalue weighted by molar-refractivity contribution is -0.185. The number of nitrogens with one attached hydrogen (secondary N) is 1. The van der Waals surface area contributed by atoms with Gasteiger partial charge in [0.2, 0.25) is 0 Å². The average Bonchev–Trinajstić information content (AvgIpc) is 3.16. The van der Waals surface area contributed by atoms with Crippen molar-refractivity contribution in [3.05, 3.63) is 46.7 Å². The number of hydrogen-bond acceptors (Lipinski definition) is 4. The van der Waals surface area contributed by atoms with E-state index in [1.807, 2.05) is 10.3 Å². The molecule has 1 aliphatic heterocycles. The van der Waals surface area contributed by atoms with Gasteiger partial charge in [0.15, 0.2) is 0 Å². The molecule has 1 aliphatic rings. The Kier molecular flexibility index (Phi) is 5.17. The molecule has 1 aromatic carbocycles. The van der Waals surface area contributed by atoms with Gasteiger partial charge < -0.3 is 15.1 Å². The summed E-state index contributed by atoms with van der Waals surface area (Å²) in [6.45, 7) is 0.690. The fourth-order valence-electron chi connectivity index (χ4n) is 2.70. The number of alkyl halides is 3. The van der Waals surface area contributed by atoms with Crippen molar-refractivity contribution in [2.45, 2.75) is 6.18 Å². The second-order valence-corrected chi connectivity index (χ2v) is 6.70. The molecule has 0 unspecified atom stereocenters. The SMILES string of the molecule is O=C(Nc1ccc(N2CCN(C(=O)C(F)(F)F)CC2)cc1)c1cccs1. The maximum atomic E-state index is 12.5. The summed E-state index contributed by atoms with van der Waals surface area (Å²) in [7, 11) is 0. The van der Waals surface area contributed by atoms with Crippen LogP contribution in [0.4, 0.5) is 24.5 Å². The van der Waals surface area contributed by atoms with Crippen LogP contribution >= 0.6 is 11.3 Å². The summed E-state index contributed by atoms with van der Waals surface area (Å²) in [5, 5.41) is 4.61. The highest BCUT2D eigenvalue weighted by atomic mass is 32.1. The minimum absolute atomic E-state index is 0.0230. The molecule has 1 saturated heterocycles. The van der Waals surface area contributed by atoms with E-state index in [-0.39, 0.29) is 19.0 Å². The number of benzene rings is 1. The number of carbonyl (C=O) groups excluding carboxylic acids is 2. The van der Waals surface area contributed by atoms with Crippen LogP contribution in [0.25, 0.3) is 0 Å². The van der Waals surface area contributed by atoms with E-state index in [1.165, 1.54) is 11.3 Å². The molecule has 26 heavy (non-hydrogen) atoms. The molecule has 5 nitrogen and oxygen atoms in total. The normalized spacial score (nSPS) is 15.0. The summed E-state index contributed by atoms with van der Waals surface area (Å²) in [5.74, 6) is -1.98. The minimum atomic E-state index is -4.83. The van der Waals surface area contributed by atoms with E-state index < -0.39 is 12.1 Å². The maximum Gasteiger partial charge on any atom is 0.471 e. The van der Waals surface area contributed by atoms with Gasteiger partial charge in [0.1, 0.15) is 0 Å². The lowest BCUT2D eigenvalue weighted by Gasteiger charge is -2.36. The zero-order valence-corrected chi connectivity index (χ0v) is 14.4. The first-order chi connectivity index (χ1) is 12.3. The van der Waals surface area contributed by atoms with Crippen LogP contribution in [0, 0.1) is 0 Å². The highest BCUT2D eigenvalue weighted by Gasteiger charge is 2.43. The first-order valence-corrected chi connectivity index (χ1v) is 8.78. The third-order valence-electron chi connectivity index (χ3n) is 4.04. The van der Waals surface area contributed by atoms with Crippen LogP contribution in [0.15, 0.2) is 41.8 Å². The first kappa shape index (κ1) is 18.2. The maximum absolute atomic E-state index is 12.5. The Morgan fingerprint density at radius 2 is 1.65 bits per heavy atom. The molecule has 2 heterocycles. The van der Waals surface area contributed by atoms with Gasteiger partial charge in [-0.05, 0) is 35.7 Å². The Morgan fingerprint density at radius 3 is 2.19 bits per heavy atom. The van der Waals surface area contributed by atoms with Gasteiger partial charge in [-0.3, -0.25) is 9.59 Å². The highest BCUT2D eigenvalue weighted by molar-refractivity contribution is 7.12. The fourth-order valence-corrected chi connectivity index (χ4v) is 3.32. The number of halogens is 3. The van der Waals surface area contributed by atoms with Crippen LogP contribution < -0.4 is 10.2 Å². The van der Waals surface area contributed by atoms with Crippen molar-refractivity contribution in [2.24, 2.45) is 0 Å². The molecule has 0 saturated carbocycles. The summed E-state index contributed by atoms with van der Waals surface area (Å²) >= 11 is 1.35. The van der Waals surface area contributed by atoms with E-state index in [1.54, 1.807) is 36.4 Å². The van der Waals surface area contributed by atoms with Crippen LogP contribution in [0.2, 0.25) is 0 Å². The topological polar surface area (TPSA) is 52.7 Å². The number of carbonyl (C=O) groups is 2. The molecule has 3 rings (SSSR count). The standard InChI is InChI=1S/C17H16F3N3O2S/c18-17(19,20)16(25)23-9-7-22(8-10-23)13-5-3-12(4-6-13)21-15(24)14-2-1-11-26-14/h1-6,11H,7-10H2,(H,21,24). The number of piperazine rings is 1. The third-order valence-corrected chi connectivity index (χ3v) is 4.91. The van der Waals surface area contributed by atoms with Gasteiger partial charge in [-0.25, -0.2) is 0 Å². The number of nitrogens with zero attached hydrogens (tertiary/aromatic N) is 2.